The maximum atomic E-state index is 12.0. The number of esters is 1. The Bertz CT molecular complexity index is 264. The molecule has 100 valence electrons. The number of carbonyl (C=O) groups is 2. The monoisotopic (exact) mass is 244 g/mol. The highest BCUT2D eigenvalue weighted by Crippen LogP contribution is 2.07. The molecular formula is C12H24N2O3. The van der Waals surface area contributed by atoms with E-state index in [1.807, 2.05) is 20.8 Å². The van der Waals surface area contributed by atoms with Gasteiger partial charge in [-0.05, 0) is 26.8 Å². The SMILES string of the molecule is CCNC(C)(C)C(=O)N(C)CCCC(=O)OC. The molecule has 17 heavy (non-hydrogen) atoms. The minimum atomic E-state index is -0.561. The lowest BCUT2D eigenvalue weighted by atomic mass is 10.0. The zero-order chi connectivity index (χ0) is 13.5. The number of ether oxygens (including phenoxy) is 1. The summed E-state index contributed by atoms with van der Waals surface area (Å²) in [6.07, 6.45) is 0.965. The van der Waals surface area contributed by atoms with Crippen molar-refractivity contribution in [2.24, 2.45) is 0 Å². The standard InChI is InChI=1S/C12H24N2O3/c1-6-13-12(2,3)11(16)14(4)9-7-8-10(15)17-5/h13H,6-9H2,1-5H3. The first kappa shape index (κ1) is 15.9. The maximum Gasteiger partial charge on any atom is 0.305 e. The van der Waals surface area contributed by atoms with Crippen LogP contribution in [0.4, 0.5) is 0 Å². The number of carbonyl (C=O) groups excluding carboxylic acids is 2. The Balaban J connectivity index is 4.09. The van der Waals surface area contributed by atoms with Gasteiger partial charge in [0.05, 0.1) is 12.6 Å². The Morgan fingerprint density at radius 1 is 1.35 bits per heavy atom. The second kappa shape index (κ2) is 7.27. The van der Waals surface area contributed by atoms with Gasteiger partial charge in [-0.1, -0.05) is 6.92 Å². The molecule has 1 amide bonds. The number of rotatable bonds is 7. The van der Waals surface area contributed by atoms with Crippen molar-refractivity contribution in [3.8, 4) is 0 Å². The largest absolute Gasteiger partial charge is 0.469 e. The number of likely N-dealkylation sites (N-methyl/N-ethyl adjacent to an activating group) is 2. The lowest BCUT2D eigenvalue weighted by Gasteiger charge is -2.30. The fraction of sp³-hybridized carbons (Fsp3) is 0.833. The minimum absolute atomic E-state index is 0.0317. The van der Waals surface area contributed by atoms with Crippen LogP contribution in [0.2, 0.25) is 0 Å². The summed E-state index contributed by atoms with van der Waals surface area (Å²) >= 11 is 0. The number of nitrogens with one attached hydrogen (secondary N) is 1. The van der Waals surface area contributed by atoms with Crippen molar-refractivity contribution in [2.75, 3.05) is 27.2 Å². The Morgan fingerprint density at radius 3 is 2.41 bits per heavy atom. The predicted octanol–water partition coefficient (Wildman–Crippen LogP) is 0.786. The van der Waals surface area contributed by atoms with Crippen LogP contribution in [0.5, 0.6) is 0 Å². The van der Waals surface area contributed by atoms with Crippen LogP contribution in [0.15, 0.2) is 0 Å². The molecule has 0 aliphatic rings. The molecule has 0 atom stereocenters. The zero-order valence-corrected chi connectivity index (χ0v) is 11.5. The molecular weight excluding hydrogens is 220 g/mol. The molecule has 0 saturated heterocycles. The van der Waals surface area contributed by atoms with Gasteiger partial charge in [-0.3, -0.25) is 9.59 Å². The number of hydrogen-bond donors (Lipinski definition) is 1. The van der Waals surface area contributed by atoms with E-state index in [0.29, 0.717) is 19.4 Å². The first-order valence-electron chi connectivity index (χ1n) is 5.92. The van der Waals surface area contributed by atoms with Crippen molar-refractivity contribution in [1.29, 1.82) is 0 Å². The molecule has 0 radical (unpaired) electrons. The van der Waals surface area contributed by atoms with E-state index in [1.54, 1.807) is 11.9 Å². The van der Waals surface area contributed by atoms with Crippen LogP contribution in [0.1, 0.15) is 33.6 Å². The lowest BCUT2D eigenvalue weighted by Crippen LogP contribution is -2.53. The number of methoxy groups -OCH3 is 1. The van der Waals surface area contributed by atoms with E-state index in [4.69, 9.17) is 0 Å². The van der Waals surface area contributed by atoms with Crippen LogP contribution in [-0.2, 0) is 14.3 Å². The molecule has 1 N–H and O–H groups in total. The van der Waals surface area contributed by atoms with Gasteiger partial charge >= 0.3 is 5.97 Å². The second-order valence-corrected chi connectivity index (χ2v) is 4.56. The van der Waals surface area contributed by atoms with E-state index in [-0.39, 0.29) is 11.9 Å². The van der Waals surface area contributed by atoms with Crippen LogP contribution in [0.25, 0.3) is 0 Å². The first-order valence-corrected chi connectivity index (χ1v) is 5.92. The third kappa shape index (κ3) is 5.68. The average Bonchev–Trinajstić information content (AvgIpc) is 2.27. The summed E-state index contributed by atoms with van der Waals surface area (Å²) in [5.41, 5.74) is -0.561. The fourth-order valence-electron chi connectivity index (χ4n) is 1.66. The predicted molar refractivity (Wildman–Crippen MR) is 66.6 cm³/mol. The summed E-state index contributed by atoms with van der Waals surface area (Å²) in [4.78, 5) is 24.6. The Hall–Kier alpha value is -1.10. The van der Waals surface area contributed by atoms with Gasteiger partial charge in [-0.25, -0.2) is 0 Å². The second-order valence-electron chi connectivity index (χ2n) is 4.56. The summed E-state index contributed by atoms with van der Waals surface area (Å²) in [6.45, 7) is 6.98. The molecule has 0 rings (SSSR count). The van der Waals surface area contributed by atoms with Crippen LogP contribution < -0.4 is 5.32 Å². The van der Waals surface area contributed by atoms with Gasteiger partial charge < -0.3 is 15.0 Å². The maximum absolute atomic E-state index is 12.0. The molecule has 0 aliphatic carbocycles. The van der Waals surface area contributed by atoms with Gasteiger partial charge in [0, 0.05) is 20.0 Å². The van der Waals surface area contributed by atoms with Crippen LogP contribution in [0.3, 0.4) is 0 Å². The van der Waals surface area contributed by atoms with Gasteiger partial charge in [0.2, 0.25) is 5.91 Å². The van der Waals surface area contributed by atoms with Gasteiger partial charge in [-0.15, -0.1) is 0 Å². The van der Waals surface area contributed by atoms with Crippen molar-refractivity contribution in [1.82, 2.24) is 10.2 Å². The van der Waals surface area contributed by atoms with Crippen molar-refractivity contribution in [3.05, 3.63) is 0 Å². The molecule has 0 heterocycles. The van der Waals surface area contributed by atoms with E-state index >= 15 is 0 Å². The fourth-order valence-corrected chi connectivity index (χ4v) is 1.66. The summed E-state index contributed by atoms with van der Waals surface area (Å²) in [5.74, 6) is -0.207. The topological polar surface area (TPSA) is 58.6 Å². The third-order valence-electron chi connectivity index (χ3n) is 2.60. The highest BCUT2D eigenvalue weighted by molar-refractivity contribution is 5.85. The molecule has 0 spiro atoms. The third-order valence-corrected chi connectivity index (χ3v) is 2.60. The number of nitrogens with zero attached hydrogens (tertiary/aromatic N) is 1. The van der Waals surface area contributed by atoms with Crippen LogP contribution >= 0.6 is 0 Å². The van der Waals surface area contributed by atoms with E-state index in [2.05, 4.69) is 10.1 Å². The highest BCUT2D eigenvalue weighted by Gasteiger charge is 2.28. The quantitative estimate of drug-likeness (QED) is 0.673. The number of amides is 1. The van der Waals surface area contributed by atoms with Gasteiger partial charge in [0.15, 0.2) is 0 Å². The molecule has 5 nitrogen and oxygen atoms in total. The molecule has 0 unspecified atom stereocenters. The zero-order valence-electron chi connectivity index (χ0n) is 11.5. The van der Waals surface area contributed by atoms with E-state index < -0.39 is 5.54 Å². The molecule has 0 aromatic carbocycles. The normalized spacial score (nSPS) is 11.1. The van der Waals surface area contributed by atoms with Gasteiger partial charge in [0.1, 0.15) is 0 Å². The lowest BCUT2D eigenvalue weighted by molar-refractivity contribution is -0.141. The molecule has 5 heteroatoms. The van der Waals surface area contributed by atoms with Crippen molar-refractivity contribution >= 4 is 11.9 Å². The van der Waals surface area contributed by atoms with Crippen molar-refractivity contribution < 1.29 is 14.3 Å². The van der Waals surface area contributed by atoms with E-state index in [9.17, 15) is 9.59 Å². The van der Waals surface area contributed by atoms with Crippen LogP contribution in [-0.4, -0.2) is 49.6 Å². The summed E-state index contributed by atoms with van der Waals surface area (Å²) in [7, 11) is 3.12. The molecule has 0 bridgehead atoms. The first-order chi connectivity index (χ1) is 7.85. The van der Waals surface area contributed by atoms with E-state index in [0.717, 1.165) is 6.54 Å². The molecule has 0 aromatic rings. The number of hydrogen-bond acceptors (Lipinski definition) is 4. The van der Waals surface area contributed by atoms with Crippen molar-refractivity contribution in [2.45, 2.75) is 39.2 Å². The molecule has 0 saturated carbocycles. The van der Waals surface area contributed by atoms with Gasteiger partial charge in [0.25, 0.3) is 0 Å². The van der Waals surface area contributed by atoms with Gasteiger partial charge in [-0.2, -0.15) is 0 Å². The minimum Gasteiger partial charge on any atom is -0.469 e. The van der Waals surface area contributed by atoms with E-state index in [1.165, 1.54) is 7.11 Å². The Kier molecular flexibility index (Phi) is 6.80. The average molecular weight is 244 g/mol. The Morgan fingerprint density at radius 2 is 1.94 bits per heavy atom. The molecule has 0 aromatic heterocycles. The molecule has 0 fully saturated rings. The molecule has 0 aliphatic heterocycles. The van der Waals surface area contributed by atoms with Crippen molar-refractivity contribution in [3.63, 3.8) is 0 Å². The van der Waals surface area contributed by atoms with Crippen LogP contribution in [0, 0.1) is 0 Å². The summed E-state index contributed by atoms with van der Waals surface area (Å²) < 4.78 is 4.54. The summed E-state index contributed by atoms with van der Waals surface area (Å²) in [6, 6.07) is 0. The Labute approximate surface area is 103 Å². The smallest absolute Gasteiger partial charge is 0.305 e. The summed E-state index contributed by atoms with van der Waals surface area (Å²) in [5, 5.41) is 3.13. The highest BCUT2D eigenvalue weighted by atomic mass is 16.5.